The zero-order chi connectivity index (χ0) is 20.4. The van der Waals surface area contributed by atoms with Crippen molar-refractivity contribution in [2.24, 2.45) is 0 Å². The molecule has 1 aliphatic heterocycles. The van der Waals surface area contributed by atoms with E-state index in [1.165, 1.54) is 36.3 Å². The Morgan fingerprint density at radius 3 is 2.69 bits per heavy atom. The van der Waals surface area contributed by atoms with Crippen molar-refractivity contribution in [3.8, 4) is 22.2 Å². The molecule has 3 heterocycles. The Kier molecular flexibility index (Phi) is 5.77. The molecule has 0 spiro atoms. The van der Waals surface area contributed by atoms with Crippen LogP contribution in [0.3, 0.4) is 0 Å². The average molecular weight is 437 g/mol. The van der Waals surface area contributed by atoms with Gasteiger partial charge in [0.1, 0.15) is 5.82 Å². The first-order valence-corrected chi connectivity index (χ1v) is 11.6. The van der Waals surface area contributed by atoms with Crippen molar-refractivity contribution in [2.45, 2.75) is 24.7 Å². The second-order valence-corrected chi connectivity index (χ2v) is 9.90. The van der Waals surface area contributed by atoms with Crippen LogP contribution in [0.4, 0.5) is 4.39 Å². The number of sulfonamides is 1. The molecule has 29 heavy (non-hydrogen) atoms. The van der Waals surface area contributed by atoms with Gasteiger partial charge in [0.15, 0.2) is 0 Å². The SMILES string of the molecule is Cc1sc(-c2nc(-c3ccc(F)cc3)no2)cc1S(=O)(=O)NCCN1CCCC1. The van der Waals surface area contributed by atoms with Crippen molar-refractivity contribution in [3.05, 3.63) is 41.0 Å². The molecule has 0 aliphatic carbocycles. The fourth-order valence-corrected chi connectivity index (χ4v) is 5.83. The molecule has 0 amide bonds. The number of likely N-dealkylation sites (tertiary alicyclic amines) is 1. The van der Waals surface area contributed by atoms with Crippen molar-refractivity contribution >= 4 is 21.4 Å². The number of nitrogens with one attached hydrogen (secondary N) is 1. The Bertz CT molecular complexity index is 1090. The van der Waals surface area contributed by atoms with Crippen LogP contribution in [0, 0.1) is 12.7 Å². The fraction of sp³-hybridized carbons (Fsp3) is 0.368. The van der Waals surface area contributed by atoms with Crippen molar-refractivity contribution in [3.63, 3.8) is 0 Å². The summed E-state index contributed by atoms with van der Waals surface area (Å²) in [6.07, 6.45) is 2.34. The number of thiophene rings is 1. The maximum absolute atomic E-state index is 13.1. The van der Waals surface area contributed by atoms with E-state index in [0.717, 1.165) is 13.1 Å². The maximum atomic E-state index is 13.1. The molecule has 1 saturated heterocycles. The van der Waals surface area contributed by atoms with Crippen LogP contribution in [-0.4, -0.2) is 49.6 Å². The summed E-state index contributed by atoms with van der Waals surface area (Å²) in [5.74, 6) is 0.202. The summed E-state index contributed by atoms with van der Waals surface area (Å²) in [5.41, 5.74) is 0.617. The summed E-state index contributed by atoms with van der Waals surface area (Å²) in [4.78, 5) is 8.02. The zero-order valence-corrected chi connectivity index (χ0v) is 17.5. The van der Waals surface area contributed by atoms with Crippen molar-refractivity contribution in [2.75, 3.05) is 26.2 Å². The Hall–Kier alpha value is -2.14. The van der Waals surface area contributed by atoms with Crippen molar-refractivity contribution in [1.29, 1.82) is 0 Å². The molecule has 7 nitrogen and oxygen atoms in total. The zero-order valence-electron chi connectivity index (χ0n) is 15.9. The molecule has 0 radical (unpaired) electrons. The molecule has 1 aromatic carbocycles. The molecule has 1 N–H and O–H groups in total. The van der Waals surface area contributed by atoms with Crippen LogP contribution in [-0.2, 0) is 10.0 Å². The molecular weight excluding hydrogens is 415 g/mol. The van der Waals surface area contributed by atoms with Crippen molar-refractivity contribution in [1.82, 2.24) is 19.8 Å². The Balaban J connectivity index is 1.49. The molecule has 0 bridgehead atoms. The third-order valence-electron chi connectivity index (χ3n) is 4.82. The fourth-order valence-electron chi connectivity index (χ4n) is 3.30. The second kappa shape index (κ2) is 8.31. The second-order valence-electron chi connectivity index (χ2n) is 6.91. The van der Waals surface area contributed by atoms with E-state index in [9.17, 15) is 12.8 Å². The van der Waals surface area contributed by atoms with E-state index in [1.807, 2.05) is 0 Å². The Labute approximate surface area is 172 Å². The molecule has 154 valence electrons. The van der Waals surface area contributed by atoms with E-state index in [2.05, 4.69) is 19.8 Å². The first kappa shape index (κ1) is 20.1. The first-order valence-electron chi connectivity index (χ1n) is 9.35. The van der Waals surface area contributed by atoms with Gasteiger partial charge in [0.2, 0.25) is 15.8 Å². The van der Waals surface area contributed by atoms with Crippen LogP contribution in [0.25, 0.3) is 22.2 Å². The molecule has 3 aromatic rings. The summed E-state index contributed by atoms with van der Waals surface area (Å²) >= 11 is 1.28. The predicted molar refractivity (Wildman–Crippen MR) is 109 cm³/mol. The lowest BCUT2D eigenvalue weighted by molar-refractivity contribution is 0.344. The van der Waals surface area contributed by atoms with E-state index in [-0.39, 0.29) is 16.6 Å². The molecular formula is C19H21FN4O3S2. The number of aryl methyl sites for hydroxylation is 1. The van der Waals surface area contributed by atoms with Gasteiger partial charge in [0, 0.05) is 23.5 Å². The lowest BCUT2D eigenvalue weighted by Gasteiger charge is -2.14. The predicted octanol–water partition coefficient (Wildman–Crippen LogP) is 3.29. The van der Waals surface area contributed by atoms with Gasteiger partial charge in [-0.2, -0.15) is 4.98 Å². The molecule has 2 aromatic heterocycles. The molecule has 4 rings (SSSR count). The average Bonchev–Trinajstić information content (AvgIpc) is 3.42. The summed E-state index contributed by atoms with van der Waals surface area (Å²) in [6.45, 7) is 4.89. The third kappa shape index (κ3) is 4.55. The minimum absolute atomic E-state index is 0.223. The van der Waals surface area contributed by atoms with E-state index in [0.29, 0.717) is 34.2 Å². The van der Waals surface area contributed by atoms with Gasteiger partial charge < -0.3 is 9.42 Å². The highest BCUT2D eigenvalue weighted by atomic mass is 32.2. The Morgan fingerprint density at radius 1 is 1.24 bits per heavy atom. The number of nitrogens with zero attached hydrogens (tertiary/aromatic N) is 3. The van der Waals surface area contributed by atoms with Gasteiger partial charge in [0.05, 0.1) is 9.77 Å². The number of halogens is 1. The molecule has 10 heteroatoms. The highest BCUT2D eigenvalue weighted by molar-refractivity contribution is 7.89. The Morgan fingerprint density at radius 2 is 1.97 bits per heavy atom. The van der Waals surface area contributed by atoms with Gasteiger partial charge >= 0.3 is 0 Å². The lowest BCUT2D eigenvalue weighted by atomic mass is 10.2. The number of aromatic nitrogens is 2. The van der Waals surface area contributed by atoms with Crippen molar-refractivity contribution < 1.29 is 17.3 Å². The summed E-state index contributed by atoms with van der Waals surface area (Å²) in [5, 5.41) is 3.91. The van der Waals surface area contributed by atoms with E-state index >= 15 is 0 Å². The number of rotatable bonds is 7. The number of benzene rings is 1. The normalized spacial score (nSPS) is 15.2. The minimum atomic E-state index is -3.62. The molecule has 0 unspecified atom stereocenters. The van der Waals surface area contributed by atoms with Gasteiger partial charge in [-0.1, -0.05) is 5.16 Å². The molecule has 1 fully saturated rings. The summed E-state index contributed by atoms with van der Waals surface area (Å²) in [7, 11) is -3.62. The van der Waals surface area contributed by atoms with Gasteiger partial charge in [-0.15, -0.1) is 11.3 Å². The topological polar surface area (TPSA) is 88.3 Å². The van der Waals surface area contributed by atoms with E-state index in [4.69, 9.17) is 4.52 Å². The summed E-state index contributed by atoms with van der Waals surface area (Å²) < 4.78 is 46.5. The molecule has 1 aliphatic rings. The monoisotopic (exact) mass is 436 g/mol. The van der Waals surface area contributed by atoms with Gasteiger partial charge in [-0.25, -0.2) is 17.5 Å². The van der Waals surface area contributed by atoms with Gasteiger partial charge in [0.25, 0.3) is 5.89 Å². The van der Waals surface area contributed by atoms with Crippen LogP contribution in [0.5, 0.6) is 0 Å². The number of hydrogen-bond acceptors (Lipinski definition) is 7. The highest BCUT2D eigenvalue weighted by Gasteiger charge is 2.23. The third-order valence-corrected chi connectivity index (χ3v) is 7.57. The van der Waals surface area contributed by atoms with Crippen LogP contribution in [0.15, 0.2) is 39.8 Å². The maximum Gasteiger partial charge on any atom is 0.268 e. The van der Waals surface area contributed by atoms with Crippen LogP contribution in [0.2, 0.25) is 0 Å². The van der Waals surface area contributed by atoms with Crippen LogP contribution >= 0.6 is 11.3 Å². The number of hydrogen-bond donors (Lipinski definition) is 1. The quantitative estimate of drug-likeness (QED) is 0.612. The van der Waals surface area contributed by atoms with Gasteiger partial charge in [-0.3, -0.25) is 0 Å². The largest absolute Gasteiger partial charge is 0.333 e. The molecule has 0 atom stereocenters. The highest BCUT2D eigenvalue weighted by Crippen LogP contribution is 2.33. The first-order chi connectivity index (χ1) is 13.9. The minimum Gasteiger partial charge on any atom is -0.333 e. The summed E-state index contributed by atoms with van der Waals surface area (Å²) in [6, 6.07) is 7.31. The smallest absolute Gasteiger partial charge is 0.268 e. The lowest BCUT2D eigenvalue weighted by Crippen LogP contribution is -2.33. The van der Waals surface area contributed by atoms with Crippen LogP contribution < -0.4 is 4.72 Å². The van der Waals surface area contributed by atoms with Crippen LogP contribution in [0.1, 0.15) is 17.7 Å². The molecule has 0 saturated carbocycles. The standard InChI is InChI=1S/C19H21FN4O3S2/c1-13-17(29(25,26)21-8-11-24-9-2-3-10-24)12-16(28-13)19-22-18(23-27-19)14-4-6-15(20)7-5-14/h4-7,12,21H,2-3,8-11H2,1H3. The van der Waals surface area contributed by atoms with E-state index in [1.54, 1.807) is 25.1 Å². The van der Waals surface area contributed by atoms with E-state index < -0.39 is 10.0 Å². The van der Waals surface area contributed by atoms with Gasteiger partial charge in [-0.05, 0) is 63.2 Å².